The zero-order chi connectivity index (χ0) is 19.4. The topological polar surface area (TPSA) is 115 Å². The Morgan fingerprint density at radius 2 is 2.22 bits per heavy atom. The van der Waals surface area contributed by atoms with Crippen LogP contribution in [0.2, 0.25) is 0 Å². The molecule has 27 heavy (non-hydrogen) atoms. The number of aromatic nitrogens is 4. The van der Waals surface area contributed by atoms with Gasteiger partial charge in [-0.2, -0.15) is 0 Å². The van der Waals surface area contributed by atoms with E-state index in [1.54, 1.807) is 30.7 Å². The Morgan fingerprint density at radius 3 is 2.89 bits per heavy atom. The first-order valence-corrected chi connectivity index (χ1v) is 9.79. The lowest BCUT2D eigenvalue weighted by Gasteiger charge is -2.10. The van der Waals surface area contributed by atoms with Gasteiger partial charge >= 0.3 is 0 Å². The summed E-state index contributed by atoms with van der Waals surface area (Å²) in [6.07, 6.45) is 1.44. The predicted octanol–water partition coefficient (Wildman–Crippen LogP) is 2.22. The van der Waals surface area contributed by atoms with E-state index in [0.717, 1.165) is 5.69 Å². The lowest BCUT2D eigenvalue weighted by molar-refractivity contribution is -0.115. The average molecular weight is 406 g/mol. The molecular weight excluding hydrogens is 388 g/mol. The van der Waals surface area contributed by atoms with Crippen LogP contribution >= 0.6 is 23.1 Å². The van der Waals surface area contributed by atoms with Gasteiger partial charge in [-0.1, -0.05) is 11.8 Å². The fourth-order valence-electron chi connectivity index (χ4n) is 2.09. The van der Waals surface area contributed by atoms with Crippen LogP contribution < -0.4 is 10.6 Å². The number of thioether (sulfide) groups is 1. The highest BCUT2D eigenvalue weighted by atomic mass is 32.2. The summed E-state index contributed by atoms with van der Waals surface area (Å²) in [5.41, 5.74) is 0.866. The van der Waals surface area contributed by atoms with Crippen LogP contribution in [0.5, 0.6) is 0 Å². The highest BCUT2D eigenvalue weighted by Gasteiger charge is 2.20. The van der Waals surface area contributed by atoms with E-state index in [4.69, 9.17) is 4.42 Å². The number of thiazole rings is 1. The summed E-state index contributed by atoms with van der Waals surface area (Å²) in [6.45, 7) is 3.85. The molecule has 9 nitrogen and oxygen atoms in total. The van der Waals surface area contributed by atoms with Crippen molar-refractivity contribution < 1.29 is 14.0 Å². The number of aryl methyl sites for hydroxylation is 1. The Kier molecular flexibility index (Phi) is 5.91. The molecule has 0 spiro atoms. The zero-order valence-electron chi connectivity index (χ0n) is 14.9. The van der Waals surface area contributed by atoms with Gasteiger partial charge in [0.15, 0.2) is 21.9 Å². The molecule has 0 saturated heterocycles. The maximum absolute atomic E-state index is 12.3. The minimum absolute atomic E-state index is 0.162. The van der Waals surface area contributed by atoms with Crippen LogP contribution in [-0.2, 0) is 18.4 Å². The van der Waals surface area contributed by atoms with Gasteiger partial charge < -0.3 is 19.6 Å². The summed E-state index contributed by atoms with van der Waals surface area (Å²) in [5, 5.41) is 16.3. The molecule has 11 heteroatoms. The molecule has 0 saturated carbocycles. The number of hydrogen-bond acceptors (Lipinski definition) is 8. The summed E-state index contributed by atoms with van der Waals surface area (Å²) in [6, 6.07) is 3.23. The molecule has 3 aromatic rings. The smallest absolute Gasteiger partial charge is 0.287 e. The molecule has 0 radical (unpaired) electrons. The number of anilines is 1. The number of hydrogen-bond donors (Lipinski definition) is 2. The van der Waals surface area contributed by atoms with Crippen molar-refractivity contribution in [3.05, 3.63) is 41.1 Å². The van der Waals surface area contributed by atoms with Crippen molar-refractivity contribution in [3.8, 4) is 0 Å². The molecule has 2 N–H and O–H groups in total. The lowest BCUT2D eigenvalue weighted by atomic mass is 10.4. The highest BCUT2D eigenvalue weighted by molar-refractivity contribution is 8.00. The van der Waals surface area contributed by atoms with Crippen molar-refractivity contribution in [2.45, 2.75) is 30.8 Å². The summed E-state index contributed by atoms with van der Waals surface area (Å²) >= 11 is 2.66. The third kappa shape index (κ3) is 4.74. The molecule has 0 bridgehead atoms. The minimum atomic E-state index is -0.386. The number of amides is 2. The first-order chi connectivity index (χ1) is 12.9. The van der Waals surface area contributed by atoms with Crippen molar-refractivity contribution in [2.75, 3.05) is 5.32 Å². The lowest BCUT2D eigenvalue weighted by Crippen LogP contribution is -2.24. The molecule has 0 aliphatic heterocycles. The number of nitrogens with zero attached hydrogens (tertiary/aromatic N) is 4. The number of nitrogens with one attached hydrogen (secondary N) is 2. The minimum Gasteiger partial charge on any atom is -0.459 e. The van der Waals surface area contributed by atoms with Gasteiger partial charge in [0.1, 0.15) is 0 Å². The van der Waals surface area contributed by atoms with E-state index in [1.165, 1.54) is 29.4 Å². The third-order valence-electron chi connectivity index (χ3n) is 3.58. The number of carbonyl (C=O) groups is 2. The van der Waals surface area contributed by atoms with Crippen molar-refractivity contribution >= 4 is 40.0 Å². The van der Waals surface area contributed by atoms with Crippen LogP contribution in [0.1, 0.15) is 29.0 Å². The molecule has 3 rings (SSSR count). The molecule has 0 fully saturated rings. The molecule has 0 unspecified atom stereocenters. The van der Waals surface area contributed by atoms with Crippen LogP contribution in [0.25, 0.3) is 0 Å². The van der Waals surface area contributed by atoms with Crippen LogP contribution in [0.15, 0.2) is 33.3 Å². The van der Waals surface area contributed by atoms with Gasteiger partial charge in [0.2, 0.25) is 5.91 Å². The van der Waals surface area contributed by atoms with Crippen molar-refractivity contribution in [3.63, 3.8) is 0 Å². The molecular formula is C16H18N6O3S2. The molecule has 3 aromatic heterocycles. The normalized spacial score (nSPS) is 12.0. The maximum Gasteiger partial charge on any atom is 0.287 e. The Bertz CT molecular complexity index is 934. The molecule has 0 aliphatic rings. The van der Waals surface area contributed by atoms with Crippen LogP contribution in [0.3, 0.4) is 0 Å². The Balaban J connectivity index is 1.56. The third-order valence-corrected chi connectivity index (χ3v) is 5.59. The molecule has 0 aromatic carbocycles. The SMILES string of the molecule is Cc1csc(NC(=O)[C@@H](C)Sc2nnc(CNC(=O)c3ccco3)n2C)n1. The largest absolute Gasteiger partial charge is 0.459 e. The van der Waals surface area contributed by atoms with Gasteiger partial charge in [-0.05, 0) is 26.0 Å². The Labute approximate surface area is 163 Å². The van der Waals surface area contributed by atoms with E-state index < -0.39 is 0 Å². The number of carbonyl (C=O) groups excluding carboxylic acids is 2. The fraction of sp³-hybridized carbons (Fsp3) is 0.312. The molecule has 1 atom stereocenters. The van der Waals surface area contributed by atoms with Gasteiger partial charge in [-0.3, -0.25) is 9.59 Å². The summed E-state index contributed by atoms with van der Waals surface area (Å²) < 4.78 is 6.78. The summed E-state index contributed by atoms with van der Waals surface area (Å²) in [7, 11) is 1.78. The molecule has 142 valence electrons. The van der Waals surface area contributed by atoms with E-state index >= 15 is 0 Å². The summed E-state index contributed by atoms with van der Waals surface area (Å²) in [4.78, 5) is 28.4. The molecule has 2 amide bonds. The van der Waals surface area contributed by atoms with Crippen molar-refractivity contribution in [2.24, 2.45) is 7.05 Å². The van der Waals surface area contributed by atoms with E-state index in [0.29, 0.717) is 16.1 Å². The predicted molar refractivity (Wildman–Crippen MR) is 102 cm³/mol. The number of furan rings is 1. The second-order valence-electron chi connectivity index (χ2n) is 5.66. The standard InChI is InChI=1S/C16H18N6O3S2/c1-9-8-26-15(18-9)19-13(23)10(2)27-16-21-20-12(22(16)3)7-17-14(24)11-5-4-6-25-11/h4-6,8,10H,7H2,1-3H3,(H,17,24)(H,18,19,23)/t10-/m1/s1. The second kappa shape index (κ2) is 8.35. The van der Waals surface area contributed by atoms with E-state index in [1.807, 2.05) is 12.3 Å². The van der Waals surface area contributed by atoms with Gasteiger partial charge in [-0.15, -0.1) is 21.5 Å². The second-order valence-corrected chi connectivity index (χ2v) is 7.83. The van der Waals surface area contributed by atoms with E-state index in [9.17, 15) is 9.59 Å². The first kappa shape index (κ1) is 19.1. The number of rotatable bonds is 7. The monoisotopic (exact) mass is 406 g/mol. The highest BCUT2D eigenvalue weighted by Crippen LogP contribution is 2.23. The molecule has 3 heterocycles. The van der Waals surface area contributed by atoms with Gasteiger partial charge in [-0.25, -0.2) is 4.98 Å². The average Bonchev–Trinajstić information content (AvgIpc) is 3.37. The first-order valence-electron chi connectivity index (χ1n) is 8.03. The van der Waals surface area contributed by atoms with E-state index in [-0.39, 0.29) is 29.4 Å². The maximum atomic E-state index is 12.3. The van der Waals surface area contributed by atoms with Gasteiger partial charge in [0.25, 0.3) is 5.91 Å². The Hall–Kier alpha value is -2.66. The summed E-state index contributed by atoms with van der Waals surface area (Å²) in [5.74, 6) is 0.309. The van der Waals surface area contributed by atoms with E-state index in [2.05, 4.69) is 25.8 Å². The van der Waals surface area contributed by atoms with Gasteiger partial charge in [0, 0.05) is 12.4 Å². The van der Waals surface area contributed by atoms with Crippen molar-refractivity contribution in [1.82, 2.24) is 25.1 Å². The van der Waals surface area contributed by atoms with Crippen LogP contribution in [0.4, 0.5) is 5.13 Å². The van der Waals surface area contributed by atoms with Crippen LogP contribution in [-0.4, -0.2) is 36.8 Å². The fourth-order valence-corrected chi connectivity index (χ4v) is 3.61. The Morgan fingerprint density at radius 1 is 1.41 bits per heavy atom. The quantitative estimate of drug-likeness (QED) is 0.578. The van der Waals surface area contributed by atoms with Crippen molar-refractivity contribution in [1.29, 1.82) is 0 Å². The molecule has 0 aliphatic carbocycles. The van der Waals surface area contributed by atoms with Gasteiger partial charge in [0.05, 0.1) is 23.8 Å². The van der Waals surface area contributed by atoms with Crippen LogP contribution in [0, 0.1) is 6.92 Å². The zero-order valence-corrected chi connectivity index (χ0v) is 16.6.